The van der Waals surface area contributed by atoms with E-state index in [2.05, 4.69) is 32.7 Å². The van der Waals surface area contributed by atoms with E-state index < -0.39 is 21.5 Å². The molecule has 0 bridgehead atoms. The van der Waals surface area contributed by atoms with Crippen molar-refractivity contribution in [2.24, 2.45) is 0 Å². The minimum atomic E-state index is -4.02. The van der Waals surface area contributed by atoms with Crippen molar-refractivity contribution in [2.45, 2.75) is 58.0 Å². The molecule has 1 N–H and O–H groups in total. The van der Waals surface area contributed by atoms with Gasteiger partial charge in [0.25, 0.3) is 15.9 Å². The Kier molecular flexibility index (Phi) is 6.40. The minimum Gasteiger partial charge on any atom is -0.477 e. The molecule has 0 aliphatic carbocycles. The molecule has 2 aromatic carbocycles. The van der Waals surface area contributed by atoms with Crippen LogP contribution in [0.25, 0.3) is 0 Å². The normalized spacial score (nSPS) is 17.6. The van der Waals surface area contributed by atoms with E-state index in [1.807, 2.05) is 20.8 Å². The summed E-state index contributed by atoms with van der Waals surface area (Å²) in [5.41, 5.74) is 2.22. The van der Waals surface area contributed by atoms with Gasteiger partial charge in [0.1, 0.15) is 17.6 Å². The Hall–Kier alpha value is -2.50. The fourth-order valence-corrected chi connectivity index (χ4v) is 4.89. The lowest BCUT2D eigenvalue weighted by Gasteiger charge is -2.36. The van der Waals surface area contributed by atoms with Gasteiger partial charge in [-0.3, -0.25) is 4.79 Å². The second-order valence-corrected chi connectivity index (χ2v) is 10.3. The van der Waals surface area contributed by atoms with Crippen molar-refractivity contribution in [3.05, 3.63) is 51.0 Å². The van der Waals surface area contributed by atoms with Crippen LogP contribution in [0.5, 0.6) is 11.5 Å². The summed E-state index contributed by atoms with van der Waals surface area (Å²) in [7, 11) is -4.02. The van der Waals surface area contributed by atoms with E-state index in [1.54, 1.807) is 26.0 Å². The molecule has 8 heteroatoms. The molecule has 0 spiro atoms. The smallest absolute Gasteiger partial charge is 0.277 e. The summed E-state index contributed by atoms with van der Waals surface area (Å²) in [5.74, 6) is 3.31. The molecule has 2 aromatic rings. The SMILES string of the molecule is CC#COc1c(C)c(C)c2c(c1C)CCC(C)(C(=O)NS(=O)(=O)c1ccc(Br)cc1)O2. The van der Waals surface area contributed by atoms with Gasteiger partial charge in [-0.2, -0.15) is 0 Å². The lowest BCUT2D eigenvalue weighted by atomic mass is 9.87. The average molecular weight is 506 g/mol. The Bertz CT molecular complexity index is 1210. The van der Waals surface area contributed by atoms with E-state index in [-0.39, 0.29) is 4.90 Å². The van der Waals surface area contributed by atoms with E-state index >= 15 is 0 Å². The number of nitrogens with one attached hydrogen (secondary N) is 1. The van der Waals surface area contributed by atoms with Crippen molar-refractivity contribution in [1.29, 1.82) is 0 Å². The van der Waals surface area contributed by atoms with Crippen molar-refractivity contribution in [2.75, 3.05) is 0 Å². The fraction of sp³-hybridized carbons (Fsp3) is 0.348. The predicted molar refractivity (Wildman–Crippen MR) is 122 cm³/mol. The van der Waals surface area contributed by atoms with Crippen molar-refractivity contribution in [1.82, 2.24) is 4.72 Å². The largest absolute Gasteiger partial charge is 0.477 e. The van der Waals surface area contributed by atoms with Crippen LogP contribution < -0.4 is 14.2 Å². The molecule has 1 aliphatic rings. The first-order valence-electron chi connectivity index (χ1n) is 9.73. The Morgan fingerprint density at radius 2 is 1.81 bits per heavy atom. The average Bonchev–Trinajstić information content (AvgIpc) is 2.72. The summed E-state index contributed by atoms with van der Waals surface area (Å²) in [6.45, 7) is 9.04. The van der Waals surface area contributed by atoms with Crippen molar-refractivity contribution in [3.63, 3.8) is 0 Å². The summed E-state index contributed by atoms with van der Waals surface area (Å²) in [6, 6.07) is 6.06. The number of carbonyl (C=O) groups is 1. The second-order valence-electron chi connectivity index (χ2n) is 7.69. The first-order chi connectivity index (χ1) is 14.5. The second kappa shape index (κ2) is 8.56. The van der Waals surface area contributed by atoms with Gasteiger partial charge in [-0.1, -0.05) is 21.9 Å². The number of benzene rings is 2. The number of hydrogen-bond acceptors (Lipinski definition) is 5. The molecular formula is C23H24BrNO5S. The molecule has 31 heavy (non-hydrogen) atoms. The molecule has 6 nitrogen and oxygen atoms in total. The maximum Gasteiger partial charge on any atom is 0.277 e. The van der Waals surface area contributed by atoms with Gasteiger partial charge in [0.2, 0.25) is 0 Å². The monoisotopic (exact) mass is 505 g/mol. The Morgan fingerprint density at radius 3 is 2.42 bits per heavy atom. The van der Waals surface area contributed by atoms with Gasteiger partial charge in [0.05, 0.1) is 4.90 Å². The van der Waals surface area contributed by atoms with E-state index in [0.29, 0.717) is 24.3 Å². The Balaban J connectivity index is 1.91. The lowest BCUT2D eigenvalue weighted by molar-refractivity contribution is -0.134. The molecule has 164 valence electrons. The zero-order valence-corrected chi connectivity index (χ0v) is 20.5. The highest BCUT2D eigenvalue weighted by molar-refractivity contribution is 9.10. The Morgan fingerprint density at radius 1 is 1.16 bits per heavy atom. The zero-order chi connectivity index (χ0) is 23.0. The zero-order valence-electron chi connectivity index (χ0n) is 18.1. The summed E-state index contributed by atoms with van der Waals surface area (Å²) < 4.78 is 40.0. The molecule has 0 radical (unpaired) electrons. The van der Waals surface area contributed by atoms with E-state index in [1.165, 1.54) is 12.1 Å². The van der Waals surface area contributed by atoms with Crippen LogP contribution in [0.3, 0.4) is 0 Å². The van der Waals surface area contributed by atoms with Gasteiger partial charge < -0.3 is 9.47 Å². The van der Waals surface area contributed by atoms with Crippen LogP contribution in [0.2, 0.25) is 0 Å². The molecule has 0 saturated carbocycles. The van der Waals surface area contributed by atoms with Gasteiger partial charge in [-0.05, 0) is 75.1 Å². The summed E-state index contributed by atoms with van der Waals surface area (Å²) in [4.78, 5) is 13.0. The number of fused-ring (bicyclic) bond motifs is 1. The first kappa shape index (κ1) is 23.2. The van der Waals surface area contributed by atoms with Crippen LogP contribution in [0.4, 0.5) is 0 Å². The molecule has 1 heterocycles. The minimum absolute atomic E-state index is 0.00514. The third-order valence-electron chi connectivity index (χ3n) is 5.58. The lowest BCUT2D eigenvalue weighted by Crippen LogP contribution is -2.52. The van der Waals surface area contributed by atoms with Gasteiger partial charge in [0.15, 0.2) is 5.60 Å². The molecular weight excluding hydrogens is 482 g/mol. The third kappa shape index (κ3) is 4.43. The fourth-order valence-electron chi connectivity index (χ4n) is 3.55. The third-order valence-corrected chi connectivity index (χ3v) is 7.45. The molecule has 0 aromatic heterocycles. The van der Waals surface area contributed by atoms with Gasteiger partial charge in [-0.15, -0.1) is 0 Å². The van der Waals surface area contributed by atoms with Crippen LogP contribution in [0.15, 0.2) is 33.6 Å². The van der Waals surface area contributed by atoms with Crippen LogP contribution in [-0.4, -0.2) is 19.9 Å². The van der Waals surface area contributed by atoms with Crippen LogP contribution in [0.1, 0.15) is 42.5 Å². The van der Waals surface area contributed by atoms with Crippen LogP contribution in [-0.2, 0) is 21.2 Å². The summed E-state index contributed by atoms with van der Waals surface area (Å²) in [6.07, 6.45) is 3.50. The molecule has 3 rings (SSSR count). The van der Waals surface area contributed by atoms with Crippen LogP contribution in [0, 0.1) is 32.8 Å². The number of sulfonamides is 1. The van der Waals surface area contributed by atoms with E-state index in [9.17, 15) is 13.2 Å². The number of hydrogen-bond donors (Lipinski definition) is 1. The number of rotatable bonds is 4. The van der Waals surface area contributed by atoms with Crippen LogP contribution >= 0.6 is 15.9 Å². The number of amides is 1. The number of halogens is 1. The maximum absolute atomic E-state index is 13.0. The standard InChI is InChI=1S/C23H24BrNO5S/c1-6-13-29-20-14(2)15(3)21-19(16(20)4)11-12-23(5,30-21)22(26)25-31(27,28)18-9-7-17(24)8-10-18/h7-10H,11-12H2,1-5H3,(H,25,26). The topological polar surface area (TPSA) is 81.7 Å². The van der Waals surface area contributed by atoms with E-state index in [4.69, 9.17) is 9.47 Å². The molecule has 1 aliphatic heterocycles. The summed E-state index contributed by atoms with van der Waals surface area (Å²) >= 11 is 3.27. The van der Waals surface area contributed by atoms with Crippen molar-refractivity contribution < 1.29 is 22.7 Å². The maximum atomic E-state index is 13.0. The molecule has 0 fully saturated rings. The van der Waals surface area contributed by atoms with Gasteiger partial charge >= 0.3 is 0 Å². The van der Waals surface area contributed by atoms with Gasteiger partial charge in [0, 0.05) is 23.4 Å². The Labute approximate surface area is 191 Å². The van der Waals surface area contributed by atoms with E-state index in [0.717, 1.165) is 26.7 Å². The highest BCUT2D eigenvalue weighted by atomic mass is 79.9. The highest BCUT2D eigenvalue weighted by Gasteiger charge is 2.42. The summed E-state index contributed by atoms with van der Waals surface area (Å²) in [5, 5.41) is 0. The molecule has 1 unspecified atom stereocenters. The van der Waals surface area contributed by atoms with Crippen molar-refractivity contribution in [3.8, 4) is 23.5 Å². The van der Waals surface area contributed by atoms with Gasteiger partial charge in [-0.25, -0.2) is 13.1 Å². The first-order valence-corrected chi connectivity index (χ1v) is 12.0. The highest BCUT2D eigenvalue weighted by Crippen LogP contribution is 2.43. The molecule has 1 atom stereocenters. The number of carbonyl (C=O) groups excluding carboxylic acids is 1. The van der Waals surface area contributed by atoms with Crippen molar-refractivity contribution >= 4 is 31.9 Å². The quantitative estimate of drug-likeness (QED) is 0.625. The molecule has 0 saturated heterocycles. The number of ether oxygens (including phenoxy) is 2. The molecule has 1 amide bonds. The predicted octanol–water partition coefficient (Wildman–Crippen LogP) is 4.32.